The first-order valence-electron chi connectivity index (χ1n) is 7.17. The molecule has 7 heteroatoms. The second kappa shape index (κ2) is 6.59. The molecule has 0 saturated heterocycles. The minimum Gasteiger partial charge on any atom is -0.318 e. The average Bonchev–Trinajstić information content (AvgIpc) is 3.16. The Morgan fingerprint density at radius 2 is 1.92 bits per heavy atom. The van der Waals surface area contributed by atoms with E-state index in [9.17, 15) is 9.59 Å². The van der Waals surface area contributed by atoms with Crippen LogP contribution in [0.5, 0.6) is 0 Å². The molecule has 3 aromatic rings. The van der Waals surface area contributed by atoms with E-state index < -0.39 is 11.7 Å². The van der Waals surface area contributed by atoms with Crippen molar-refractivity contribution in [2.45, 2.75) is 13.8 Å². The van der Waals surface area contributed by atoms with Crippen LogP contribution in [0.25, 0.3) is 5.69 Å². The number of rotatable bonds is 4. The summed E-state index contributed by atoms with van der Waals surface area (Å²) in [6.45, 7) is 3.70. The second-order valence-corrected chi connectivity index (χ2v) is 6.55. The molecule has 3 rings (SSSR count). The number of amides is 1. The number of aryl methyl sites for hydroxylation is 1. The van der Waals surface area contributed by atoms with Crippen molar-refractivity contribution >= 4 is 39.8 Å². The SMILES string of the molecule is Cc1cc(C(=O)C(=O)Nc2nccs2)c(C)n1-c1ccc(Cl)cc1. The third-order valence-corrected chi connectivity index (χ3v) is 4.56. The van der Waals surface area contributed by atoms with Crippen molar-refractivity contribution in [1.29, 1.82) is 0 Å². The summed E-state index contributed by atoms with van der Waals surface area (Å²) < 4.78 is 1.92. The average molecular weight is 360 g/mol. The van der Waals surface area contributed by atoms with Crippen LogP contribution in [0.1, 0.15) is 21.7 Å². The Labute approximate surface area is 147 Å². The van der Waals surface area contributed by atoms with Crippen LogP contribution in [-0.4, -0.2) is 21.2 Å². The lowest BCUT2D eigenvalue weighted by molar-refractivity contribution is -0.112. The fraction of sp³-hybridized carbons (Fsp3) is 0.118. The summed E-state index contributed by atoms with van der Waals surface area (Å²) in [4.78, 5) is 28.6. The topological polar surface area (TPSA) is 64.0 Å². The van der Waals surface area contributed by atoms with Gasteiger partial charge in [0, 0.05) is 39.2 Å². The van der Waals surface area contributed by atoms with Crippen molar-refractivity contribution in [3.63, 3.8) is 0 Å². The van der Waals surface area contributed by atoms with E-state index in [-0.39, 0.29) is 0 Å². The lowest BCUT2D eigenvalue weighted by atomic mass is 10.1. The molecule has 2 heterocycles. The van der Waals surface area contributed by atoms with Crippen LogP contribution in [-0.2, 0) is 4.79 Å². The molecule has 0 bridgehead atoms. The third-order valence-electron chi connectivity index (χ3n) is 3.62. The highest BCUT2D eigenvalue weighted by Gasteiger charge is 2.23. The standard InChI is InChI=1S/C17H14ClN3O2S/c1-10-9-14(15(22)16(23)20-17-19-7-8-24-17)11(2)21(10)13-5-3-12(18)4-6-13/h3-9H,1-2H3,(H,19,20,23). The van der Waals surface area contributed by atoms with Crippen molar-refractivity contribution in [2.75, 3.05) is 5.32 Å². The molecule has 0 aliphatic rings. The summed E-state index contributed by atoms with van der Waals surface area (Å²) in [5.74, 6) is -1.28. The van der Waals surface area contributed by atoms with Crippen LogP contribution in [0.2, 0.25) is 5.02 Å². The fourth-order valence-electron chi connectivity index (χ4n) is 2.54. The fourth-order valence-corrected chi connectivity index (χ4v) is 3.19. The first-order valence-corrected chi connectivity index (χ1v) is 8.43. The van der Waals surface area contributed by atoms with E-state index in [1.807, 2.05) is 30.5 Å². The quantitative estimate of drug-likeness (QED) is 0.565. The lowest BCUT2D eigenvalue weighted by Crippen LogP contribution is -2.23. The highest BCUT2D eigenvalue weighted by atomic mass is 35.5. The molecule has 0 unspecified atom stereocenters. The number of nitrogens with one attached hydrogen (secondary N) is 1. The molecule has 1 aromatic carbocycles. The Morgan fingerprint density at radius 3 is 2.54 bits per heavy atom. The van der Waals surface area contributed by atoms with Crippen molar-refractivity contribution in [3.05, 3.63) is 63.9 Å². The zero-order chi connectivity index (χ0) is 17.3. The van der Waals surface area contributed by atoms with E-state index in [0.29, 0.717) is 21.4 Å². The second-order valence-electron chi connectivity index (χ2n) is 5.22. The van der Waals surface area contributed by atoms with Gasteiger partial charge in [0.2, 0.25) is 0 Å². The number of aromatic nitrogens is 2. The first-order chi connectivity index (χ1) is 11.5. The molecule has 1 N–H and O–H groups in total. The van der Waals surface area contributed by atoms with Crippen LogP contribution in [0.3, 0.4) is 0 Å². The Bertz CT molecular complexity index is 899. The highest BCUT2D eigenvalue weighted by Crippen LogP contribution is 2.23. The minimum absolute atomic E-state index is 0.372. The highest BCUT2D eigenvalue weighted by molar-refractivity contribution is 7.13. The minimum atomic E-state index is -0.693. The molecule has 24 heavy (non-hydrogen) atoms. The maximum Gasteiger partial charge on any atom is 0.298 e. The maximum absolute atomic E-state index is 12.5. The number of anilines is 1. The Kier molecular flexibility index (Phi) is 4.51. The normalized spacial score (nSPS) is 10.6. The van der Waals surface area contributed by atoms with Crippen LogP contribution >= 0.6 is 22.9 Å². The molecular weight excluding hydrogens is 346 g/mol. The van der Waals surface area contributed by atoms with E-state index >= 15 is 0 Å². The van der Waals surface area contributed by atoms with Crippen molar-refractivity contribution < 1.29 is 9.59 Å². The maximum atomic E-state index is 12.5. The zero-order valence-electron chi connectivity index (χ0n) is 13.0. The van der Waals surface area contributed by atoms with Crippen molar-refractivity contribution in [2.24, 2.45) is 0 Å². The molecule has 0 radical (unpaired) electrons. The van der Waals surface area contributed by atoms with Gasteiger partial charge in [0.1, 0.15) is 0 Å². The van der Waals surface area contributed by atoms with Crippen LogP contribution < -0.4 is 5.32 Å². The number of hydrogen-bond acceptors (Lipinski definition) is 4. The van der Waals surface area contributed by atoms with Gasteiger partial charge in [-0.25, -0.2) is 4.98 Å². The Hall–Kier alpha value is -2.44. The molecular formula is C17H14ClN3O2S. The molecule has 0 saturated carbocycles. The number of ketones is 1. The predicted octanol–water partition coefficient (Wildman–Crippen LogP) is 4.03. The molecule has 2 aromatic heterocycles. The number of carbonyl (C=O) groups is 2. The number of carbonyl (C=O) groups excluding carboxylic acids is 2. The summed E-state index contributed by atoms with van der Waals surface area (Å²) in [5, 5.41) is 5.29. The van der Waals surface area contributed by atoms with Gasteiger partial charge >= 0.3 is 0 Å². The summed E-state index contributed by atoms with van der Waals surface area (Å²) >= 11 is 7.18. The van der Waals surface area contributed by atoms with Gasteiger partial charge in [0.15, 0.2) is 5.13 Å². The zero-order valence-corrected chi connectivity index (χ0v) is 14.6. The van der Waals surface area contributed by atoms with E-state index in [2.05, 4.69) is 10.3 Å². The van der Waals surface area contributed by atoms with Gasteiger partial charge in [0.25, 0.3) is 11.7 Å². The first kappa shape index (κ1) is 16.4. The van der Waals surface area contributed by atoms with Crippen LogP contribution in [0.15, 0.2) is 41.9 Å². The largest absolute Gasteiger partial charge is 0.318 e. The van der Waals surface area contributed by atoms with Gasteiger partial charge in [0.05, 0.1) is 0 Å². The molecule has 0 aliphatic heterocycles. The number of thiazole rings is 1. The Morgan fingerprint density at radius 1 is 1.21 bits per heavy atom. The van der Waals surface area contributed by atoms with Gasteiger partial charge in [-0.3, -0.25) is 14.9 Å². The molecule has 0 fully saturated rings. The molecule has 0 atom stereocenters. The molecule has 0 spiro atoms. The van der Waals surface area contributed by atoms with Gasteiger partial charge in [-0.05, 0) is 44.2 Å². The van der Waals surface area contributed by atoms with Gasteiger partial charge < -0.3 is 4.57 Å². The molecule has 5 nitrogen and oxygen atoms in total. The molecule has 0 aliphatic carbocycles. The van der Waals surface area contributed by atoms with E-state index in [1.165, 1.54) is 11.3 Å². The summed E-state index contributed by atoms with van der Waals surface area (Å²) in [6.07, 6.45) is 1.57. The monoisotopic (exact) mass is 359 g/mol. The van der Waals surface area contributed by atoms with Crippen LogP contribution in [0.4, 0.5) is 5.13 Å². The summed E-state index contributed by atoms with van der Waals surface area (Å²) in [6, 6.07) is 9.02. The van der Waals surface area contributed by atoms with E-state index in [4.69, 9.17) is 11.6 Å². The van der Waals surface area contributed by atoms with Crippen LogP contribution in [0, 0.1) is 13.8 Å². The number of hydrogen-bond donors (Lipinski definition) is 1. The van der Waals surface area contributed by atoms with Crippen molar-refractivity contribution in [3.8, 4) is 5.69 Å². The van der Waals surface area contributed by atoms with Gasteiger partial charge in [-0.15, -0.1) is 11.3 Å². The van der Waals surface area contributed by atoms with Gasteiger partial charge in [-0.1, -0.05) is 11.6 Å². The van der Waals surface area contributed by atoms with E-state index in [0.717, 1.165) is 11.4 Å². The Balaban J connectivity index is 1.92. The number of nitrogens with zero attached hydrogens (tertiary/aromatic N) is 2. The van der Waals surface area contributed by atoms with Gasteiger partial charge in [-0.2, -0.15) is 0 Å². The molecule has 122 valence electrons. The van der Waals surface area contributed by atoms with E-state index in [1.54, 1.807) is 29.8 Å². The lowest BCUT2D eigenvalue weighted by Gasteiger charge is -2.10. The number of Topliss-reactive ketones (excluding diaryl/α,β-unsaturated/α-hetero) is 1. The third kappa shape index (κ3) is 3.11. The summed E-state index contributed by atoms with van der Waals surface area (Å²) in [5.41, 5.74) is 2.82. The summed E-state index contributed by atoms with van der Waals surface area (Å²) in [7, 11) is 0. The smallest absolute Gasteiger partial charge is 0.298 e. The molecule has 1 amide bonds. The van der Waals surface area contributed by atoms with Crippen molar-refractivity contribution in [1.82, 2.24) is 9.55 Å². The predicted molar refractivity (Wildman–Crippen MR) is 95.3 cm³/mol. The number of benzene rings is 1. The number of halogens is 1.